The Morgan fingerprint density at radius 2 is 1.65 bits per heavy atom. The summed E-state index contributed by atoms with van der Waals surface area (Å²) < 4.78 is 69.7. The molecular weight excluding hydrogens is 693 g/mol. The fourth-order valence-electron chi connectivity index (χ4n) is 6.91. The van der Waals surface area contributed by atoms with Gasteiger partial charge in [-0.25, -0.2) is 13.6 Å². The van der Waals surface area contributed by atoms with Crippen LogP contribution in [-0.4, -0.2) is 55.5 Å². The van der Waals surface area contributed by atoms with E-state index in [0.29, 0.717) is 66.5 Å². The van der Waals surface area contributed by atoms with Gasteiger partial charge in [-0.2, -0.15) is 18.2 Å². The first-order chi connectivity index (χ1) is 24.5. The Kier molecular flexibility index (Phi) is 9.48. The number of amides is 1. The van der Waals surface area contributed by atoms with E-state index in [2.05, 4.69) is 10.1 Å². The molecular formula is C36H32F5N5O4S. The number of fused-ring (bicyclic) bond motifs is 1. The maximum Gasteiger partial charge on any atom is 0.416 e. The number of carbonyl (C=O) groups is 1. The monoisotopic (exact) mass is 725 g/mol. The smallest absolute Gasteiger partial charge is 0.416 e. The molecule has 0 bridgehead atoms. The van der Waals surface area contributed by atoms with Gasteiger partial charge in [0.1, 0.15) is 0 Å². The maximum absolute atomic E-state index is 14.5. The molecule has 3 aromatic carbocycles. The van der Waals surface area contributed by atoms with Gasteiger partial charge < -0.3 is 24.3 Å². The molecule has 1 aliphatic carbocycles. The van der Waals surface area contributed by atoms with E-state index in [0.717, 1.165) is 47.6 Å². The molecule has 266 valence electrons. The summed E-state index contributed by atoms with van der Waals surface area (Å²) in [6.07, 6.45) is -3.19. The third-order valence-electron chi connectivity index (χ3n) is 9.57. The first kappa shape index (κ1) is 34.5. The third-order valence-corrected chi connectivity index (χ3v) is 10.6. The number of thioether (sulfide) groups is 1. The number of likely N-dealkylation sites (tertiary alicyclic amines) is 1. The first-order valence-corrected chi connectivity index (χ1v) is 17.4. The summed E-state index contributed by atoms with van der Waals surface area (Å²) in [5.74, 6) is -1.37. The highest BCUT2D eigenvalue weighted by atomic mass is 32.2. The molecule has 9 nitrogen and oxygen atoms in total. The van der Waals surface area contributed by atoms with Gasteiger partial charge in [-0.05, 0) is 61.4 Å². The average Bonchev–Trinajstić information content (AvgIpc) is 3.79. The summed E-state index contributed by atoms with van der Waals surface area (Å²) in [6.45, 7) is 0.764. The van der Waals surface area contributed by atoms with Gasteiger partial charge in [0, 0.05) is 47.3 Å². The van der Waals surface area contributed by atoms with Crippen molar-refractivity contribution in [3.05, 3.63) is 117 Å². The normalized spacial score (nSPS) is 17.7. The Labute approximate surface area is 293 Å². The van der Waals surface area contributed by atoms with E-state index in [1.165, 1.54) is 29.2 Å². The van der Waals surface area contributed by atoms with Gasteiger partial charge in [0.25, 0.3) is 5.56 Å². The lowest BCUT2D eigenvalue weighted by molar-refractivity contribution is -0.137. The van der Waals surface area contributed by atoms with Crippen LogP contribution in [0, 0.1) is 11.6 Å². The van der Waals surface area contributed by atoms with Crippen molar-refractivity contribution in [2.45, 2.75) is 68.0 Å². The average molecular weight is 726 g/mol. The van der Waals surface area contributed by atoms with E-state index < -0.39 is 35.7 Å². The zero-order valence-corrected chi connectivity index (χ0v) is 27.9. The molecule has 2 aliphatic heterocycles. The van der Waals surface area contributed by atoms with Gasteiger partial charge in [0.15, 0.2) is 22.6 Å². The van der Waals surface area contributed by atoms with Crippen LogP contribution >= 0.6 is 11.8 Å². The van der Waals surface area contributed by atoms with Crippen molar-refractivity contribution in [1.29, 1.82) is 0 Å². The lowest BCUT2D eigenvalue weighted by atomic mass is 9.99. The minimum Gasteiger partial charge on any atom is -0.465 e. The highest BCUT2D eigenvalue weighted by molar-refractivity contribution is 7.98. The van der Waals surface area contributed by atoms with Crippen molar-refractivity contribution >= 4 is 23.7 Å². The summed E-state index contributed by atoms with van der Waals surface area (Å²) in [5, 5.41) is 14.4. The molecule has 1 atom stereocenters. The molecule has 1 saturated heterocycles. The van der Waals surface area contributed by atoms with Crippen molar-refractivity contribution in [2.75, 3.05) is 13.1 Å². The predicted octanol–water partition coefficient (Wildman–Crippen LogP) is 7.48. The molecule has 7 rings (SSSR count). The van der Waals surface area contributed by atoms with Crippen LogP contribution in [-0.2, 0) is 36.2 Å². The van der Waals surface area contributed by atoms with Crippen LogP contribution in [0.2, 0.25) is 0 Å². The molecule has 0 radical (unpaired) electrons. The van der Waals surface area contributed by atoms with Crippen molar-refractivity contribution in [1.82, 2.24) is 19.4 Å². The zero-order valence-electron chi connectivity index (χ0n) is 27.1. The standard InChI is InChI=1S/C36H32F5N5O4S/c37-28-5-1-3-24(31(28)38)20-51-34-42-32(47)27-4-2-6-29(27)45(34)19-30-43-50-33(46(30)26-15-17-44(18-16-26)35(48)49)23-9-7-21(8-10-23)22-11-13-25(14-12-22)36(39,40)41/h1,3,5,7-14,26,33H,2,4,6,15-20H2,(H,48,49). The van der Waals surface area contributed by atoms with Crippen LogP contribution in [0.1, 0.15) is 53.4 Å². The minimum absolute atomic E-state index is 0.0308. The molecule has 1 N–H and O–H groups in total. The van der Waals surface area contributed by atoms with Crippen LogP contribution in [0.25, 0.3) is 11.1 Å². The van der Waals surface area contributed by atoms with E-state index in [1.807, 2.05) is 21.6 Å². The number of aromatic nitrogens is 2. The van der Waals surface area contributed by atoms with Crippen molar-refractivity contribution in [3.8, 4) is 11.1 Å². The fraction of sp³-hybridized carbons (Fsp3) is 0.333. The van der Waals surface area contributed by atoms with Crippen molar-refractivity contribution < 1.29 is 36.7 Å². The summed E-state index contributed by atoms with van der Waals surface area (Å²) >= 11 is 1.12. The second kappa shape index (κ2) is 14.0. The molecule has 1 amide bonds. The number of oxime groups is 1. The molecule has 3 aliphatic rings. The second-order valence-electron chi connectivity index (χ2n) is 12.6. The molecule has 1 fully saturated rings. The lowest BCUT2D eigenvalue weighted by Gasteiger charge is -2.39. The van der Waals surface area contributed by atoms with Crippen LogP contribution in [0.5, 0.6) is 0 Å². The highest BCUT2D eigenvalue weighted by Gasteiger charge is 2.40. The predicted molar refractivity (Wildman–Crippen MR) is 179 cm³/mol. The molecule has 0 spiro atoms. The number of benzene rings is 3. The second-order valence-corrected chi connectivity index (χ2v) is 13.6. The molecule has 1 aromatic heterocycles. The first-order valence-electron chi connectivity index (χ1n) is 16.4. The van der Waals surface area contributed by atoms with Gasteiger partial charge in [0.05, 0.1) is 12.1 Å². The van der Waals surface area contributed by atoms with Crippen molar-refractivity contribution in [3.63, 3.8) is 0 Å². The maximum atomic E-state index is 14.5. The number of hydrogen-bond donors (Lipinski definition) is 1. The minimum atomic E-state index is -4.44. The molecule has 15 heteroatoms. The van der Waals surface area contributed by atoms with Gasteiger partial charge >= 0.3 is 12.3 Å². The van der Waals surface area contributed by atoms with Crippen LogP contribution in [0.3, 0.4) is 0 Å². The SMILES string of the molecule is O=C(O)N1CCC(N2C(Cn3c(SCc4cccc(F)c4F)nc(=O)c4c3CCC4)=NOC2c2ccc(-c3ccc(C(F)(F)F)cc3)cc2)CC1. The fourth-order valence-corrected chi connectivity index (χ4v) is 7.89. The van der Waals surface area contributed by atoms with Crippen LogP contribution < -0.4 is 5.56 Å². The lowest BCUT2D eigenvalue weighted by Crippen LogP contribution is -2.49. The molecule has 0 saturated carbocycles. The summed E-state index contributed by atoms with van der Waals surface area (Å²) in [7, 11) is 0. The largest absolute Gasteiger partial charge is 0.465 e. The highest BCUT2D eigenvalue weighted by Crippen LogP contribution is 2.37. The van der Waals surface area contributed by atoms with Crippen LogP contribution in [0.15, 0.2) is 81.8 Å². The molecule has 51 heavy (non-hydrogen) atoms. The van der Waals surface area contributed by atoms with E-state index in [-0.39, 0.29) is 29.5 Å². The topological polar surface area (TPSA) is 100 Å². The van der Waals surface area contributed by atoms with E-state index in [1.54, 1.807) is 12.1 Å². The van der Waals surface area contributed by atoms with Crippen LogP contribution in [0.4, 0.5) is 26.7 Å². The Hall–Kier alpha value is -4.92. The number of piperidine rings is 1. The van der Waals surface area contributed by atoms with Gasteiger partial charge in [-0.1, -0.05) is 65.4 Å². The third kappa shape index (κ3) is 7.03. The van der Waals surface area contributed by atoms with E-state index >= 15 is 0 Å². The number of alkyl halides is 3. The van der Waals surface area contributed by atoms with E-state index in [4.69, 9.17) is 4.84 Å². The van der Waals surface area contributed by atoms with Gasteiger partial charge in [0.2, 0.25) is 6.23 Å². The Bertz CT molecular complexity index is 2030. The molecule has 1 unspecified atom stereocenters. The Morgan fingerprint density at radius 3 is 2.31 bits per heavy atom. The number of nitrogens with zero attached hydrogens (tertiary/aromatic N) is 5. The van der Waals surface area contributed by atoms with Gasteiger partial charge in [-0.3, -0.25) is 4.79 Å². The summed E-state index contributed by atoms with van der Waals surface area (Å²) in [4.78, 5) is 38.5. The summed E-state index contributed by atoms with van der Waals surface area (Å²) in [6, 6.07) is 15.9. The zero-order chi connectivity index (χ0) is 35.9. The summed E-state index contributed by atoms with van der Waals surface area (Å²) in [5.41, 5.74) is 2.49. The number of amidine groups is 1. The number of hydrogen-bond acceptors (Lipinski definition) is 7. The van der Waals surface area contributed by atoms with Gasteiger partial charge in [-0.15, -0.1) is 0 Å². The number of halogens is 5. The molecule has 3 heterocycles. The molecule has 4 aromatic rings. The number of carboxylic acid groups (broad SMARTS) is 1. The Morgan fingerprint density at radius 1 is 0.961 bits per heavy atom. The van der Waals surface area contributed by atoms with Crippen molar-refractivity contribution in [2.24, 2.45) is 5.16 Å². The Balaban J connectivity index is 1.19. The quantitative estimate of drug-likeness (QED) is 0.114. The number of rotatable bonds is 8. The van der Waals surface area contributed by atoms with E-state index in [9.17, 15) is 36.6 Å².